The molecular weight excluding hydrogens is 252 g/mol. The van der Waals surface area contributed by atoms with Gasteiger partial charge in [-0.1, -0.05) is 19.9 Å². The number of para-hydroxylation sites is 1. The Labute approximate surface area is 120 Å². The van der Waals surface area contributed by atoms with Gasteiger partial charge in [0.05, 0.1) is 12.6 Å². The number of aromatic nitrogens is 2. The molecule has 0 bridgehead atoms. The van der Waals surface area contributed by atoms with Gasteiger partial charge >= 0.3 is 0 Å². The fraction of sp³-hybridized carbons (Fsp3) is 0.533. The van der Waals surface area contributed by atoms with Gasteiger partial charge in [-0.3, -0.25) is 0 Å². The van der Waals surface area contributed by atoms with Gasteiger partial charge in [0, 0.05) is 12.6 Å². The first-order valence-corrected chi connectivity index (χ1v) is 7.15. The van der Waals surface area contributed by atoms with Crippen LogP contribution in [-0.2, 0) is 0 Å². The first kappa shape index (κ1) is 14.7. The van der Waals surface area contributed by atoms with Crippen molar-refractivity contribution in [3.63, 3.8) is 0 Å². The third-order valence-corrected chi connectivity index (χ3v) is 3.79. The van der Waals surface area contributed by atoms with Crippen LogP contribution in [0.2, 0.25) is 0 Å². The number of hydrogen-bond acceptors (Lipinski definition) is 4. The summed E-state index contributed by atoms with van der Waals surface area (Å²) in [4.78, 5) is 6.85. The molecule has 1 unspecified atom stereocenters. The zero-order chi connectivity index (χ0) is 14.7. The van der Waals surface area contributed by atoms with Gasteiger partial charge in [-0.25, -0.2) is 4.98 Å². The lowest BCUT2D eigenvalue weighted by molar-refractivity contribution is 0.264. The van der Waals surface area contributed by atoms with Crippen molar-refractivity contribution in [2.45, 2.75) is 26.8 Å². The second-order valence-corrected chi connectivity index (χ2v) is 5.00. The van der Waals surface area contributed by atoms with Crippen LogP contribution in [-0.4, -0.2) is 41.2 Å². The van der Waals surface area contributed by atoms with Crippen molar-refractivity contribution in [2.24, 2.45) is 0 Å². The molecule has 1 atom stereocenters. The van der Waals surface area contributed by atoms with Gasteiger partial charge in [0.25, 0.3) is 0 Å². The van der Waals surface area contributed by atoms with Gasteiger partial charge in [-0.15, -0.1) is 0 Å². The molecule has 0 aliphatic heterocycles. The fourth-order valence-corrected chi connectivity index (χ4v) is 2.67. The number of benzene rings is 1. The molecule has 5 nitrogen and oxygen atoms in total. The Morgan fingerprint density at radius 1 is 1.35 bits per heavy atom. The first-order chi connectivity index (χ1) is 9.62. The number of nitrogens with two attached hydrogens (primary N) is 1. The number of rotatable bonds is 6. The fourth-order valence-electron chi connectivity index (χ4n) is 2.67. The minimum Gasteiger partial charge on any atom is -0.494 e. The number of methoxy groups -OCH3 is 1. The number of ether oxygens (including phenoxy) is 1. The Morgan fingerprint density at radius 2 is 2.05 bits per heavy atom. The van der Waals surface area contributed by atoms with E-state index in [1.807, 2.05) is 18.2 Å². The predicted molar refractivity (Wildman–Crippen MR) is 83.2 cm³/mol. The van der Waals surface area contributed by atoms with Crippen LogP contribution in [0.4, 0.5) is 5.95 Å². The van der Waals surface area contributed by atoms with E-state index >= 15 is 0 Å². The second-order valence-electron chi connectivity index (χ2n) is 5.00. The van der Waals surface area contributed by atoms with E-state index in [-0.39, 0.29) is 6.04 Å². The molecule has 5 heteroatoms. The molecule has 1 aromatic heterocycles. The van der Waals surface area contributed by atoms with Gasteiger partial charge in [-0.05, 0) is 32.1 Å². The van der Waals surface area contributed by atoms with E-state index in [4.69, 9.17) is 10.5 Å². The Morgan fingerprint density at radius 3 is 2.65 bits per heavy atom. The average Bonchev–Trinajstić information content (AvgIpc) is 2.80. The molecule has 0 amide bonds. The molecule has 2 rings (SSSR count). The molecule has 0 spiro atoms. The summed E-state index contributed by atoms with van der Waals surface area (Å²) in [5.74, 6) is 1.31. The molecule has 0 aliphatic carbocycles. The molecule has 2 aromatic rings. The maximum Gasteiger partial charge on any atom is 0.201 e. The maximum atomic E-state index is 6.11. The smallest absolute Gasteiger partial charge is 0.201 e. The van der Waals surface area contributed by atoms with Crippen molar-refractivity contribution >= 4 is 17.0 Å². The number of hydrogen-bond donors (Lipinski definition) is 1. The maximum absolute atomic E-state index is 6.11. The van der Waals surface area contributed by atoms with Gasteiger partial charge in [-0.2, -0.15) is 0 Å². The molecular formula is C15H24N4O. The van der Waals surface area contributed by atoms with Crippen LogP contribution in [0.5, 0.6) is 5.75 Å². The summed E-state index contributed by atoms with van der Waals surface area (Å²) >= 11 is 0. The van der Waals surface area contributed by atoms with Crippen LogP contribution in [0, 0.1) is 0 Å². The molecule has 0 saturated carbocycles. The first-order valence-electron chi connectivity index (χ1n) is 7.15. The molecule has 0 saturated heterocycles. The SMILES string of the molecule is CCN(CC)CC(C)n1c(N)nc2c(OC)cccc21. The Kier molecular flexibility index (Phi) is 4.49. The Balaban J connectivity index is 2.41. The topological polar surface area (TPSA) is 56.3 Å². The normalized spacial score (nSPS) is 13.1. The van der Waals surface area contributed by atoms with Gasteiger partial charge in [0.1, 0.15) is 11.3 Å². The summed E-state index contributed by atoms with van der Waals surface area (Å²) in [6.07, 6.45) is 0. The molecule has 110 valence electrons. The number of imidazole rings is 1. The van der Waals surface area contributed by atoms with E-state index < -0.39 is 0 Å². The van der Waals surface area contributed by atoms with Crippen molar-refractivity contribution in [2.75, 3.05) is 32.5 Å². The average molecular weight is 276 g/mol. The highest BCUT2D eigenvalue weighted by Crippen LogP contribution is 2.29. The third kappa shape index (κ3) is 2.58. The number of nitrogens with zero attached hydrogens (tertiary/aromatic N) is 3. The van der Waals surface area contributed by atoms with Crippen LogP contribution in [0.15, 0.2) is 18.2 Å². The summed E-state index contributed by atoms with van der Waals surface area (Å²) in [5, 5.41) is 0. The van der Waals surface area contributed by atoms with Gasteiger partial charge in [0.2, 0.25) is 5.95 Å². The van der Waals surface area contributed by atoms with E-state index in [0.29, 0.717) is 5.95 Å². The van der Waals surface area contributed by atoms with Crippen LogP contribution >= 0.6 is 0 Å². The predicted octanol–water partition coefficient (Wildman–Crippen LogP) is 2.53. The molecule has 1 heterocycles. The molecule has 0 fully saturated rings. The van der Waals surface area contributed by atoms with Crippen molar-refractivity contribution in [1.82, 2.24) is 14.5 Å². The van der Waals surface area contributed by atoms with Crippen molar-refractivity contribution in [1.29, 1.82) is 0 Å². The number of fused-ring (bicyclic) bond motifs is 1. The highest BCUT2D eigenvalue weighted by molar-refractivity contribution is 5.84. The molecule has 1 aromatic carbocycles. The van der Waals surface area contributed by atoms with E-state index in [9.17, 15) is 0 Å². The lowest BCUT2D eigenvalue weighted by Crippen LogP contribution is -2.29. The third-order valence-electron chi connectivity index (χ3n) is 3.79. The standard InChI is InChI=1S/C15H24N4O/c1-5-18(6-2)10-11(3)19-12-8-7-9-13(20-4)14(12)17-15(19)16/h7-9,11H,5-6,10H2,1-4H3,(H2,16,17). The number of nitrogen functional groups attached to an aromatic ring is 1. The quantitative estimate of drug-likeness (QED) is 0.881. The zero-order valence-electron chi connectivity index (χ0n) is 12.8. The van der Waals surface area contributed by atoms with E-state index in [1.54, 1.807) is 7.11 Å². The van der Waals surface area contributed by atoms with E-state index in [0.717, 1.165) is 36.4 Å². The van der Waals surface area contributed by atoms with Crippen LogP contribution in [0.1, 0.15) is 26.8 Å². The summed E-state index contributed by atoms with van der Waals surface area (Å²) in [5.41, 5.74) is 7.98. The zero-order valence-corrected chi connectivity index (χ0v) is 12.8. The van der Waals surface area contributed by atoms with Gasteiger partial charge in [0.15, 0.2) is 0 Å². The number of likely N-dealkylation sites (N-methyl/N-ethyl adjacent to an activating group) is 1. The minimum absolute atomic E-state index is 0.270. The molecule has 2 N–H and O–H groups in total. The van der Waals surface area contributed by atoms with Crippen LogP contribution in [0.3, 0.4) is 0 Å². The van der Waals surface area contributed by atoms with E-state index in [2.05, 4.69) is 35.2 Å². The second kappa shape index (κ2) is 6.13. The number of anilines is 1. The van der Waals surface area contributed by atoms with Crippen molar-refractivity contribution in [3.05, 3.63) is 18.2 Å². The summed E-state index contributed by atoms with van der Waals surface area (Å²) in [7, 11) is 1.66. The summed E-state index contributed by atoms with van der Waals surface area (Å²) < 4.78 is 7.45. The lowest BCUT2D eigenvalue weighted by atomic mass is 10.2. The van der Waals surface area contributed by atoms with Gasteiger partial charge < -0.3 is 19.9 Å². The molecule has 20 heavy (non-hydrogen) atoms. The lowest BCUT2D eigenvalue weighted by Gasteiger charge is -2.24. The largest absolute Gasteiger partial charge is 0.494 e. The minimum atomic E-state index is 0.270. The molecule has 0 aliphatic rings. The Hall–Kier alpha value is -1.75. The van der Waals surface area contributed by atoms with Crippen molar-refractivity contribution in [3.8, 4) is 5.75 Å². The summed E-state index contributed by atoms with van der Waals surface area (Å²) in [6.45, 7) is 9.56. The highest BCUT2D eigenvalue weighted by Gasteiger charge is 2.17. The Bertz CT molecular complexity index is 575. The van der Waals surface area contributed by atoms with E-state index in [1.165, 1.54) is 0 Å². The molecule has 0 radical (unpaired) electrons. The summed E-state index contributed by atoms with van der Waals surface area (Å²) in [6, 6.07) is 6.20. The van der Waals surface area contributed by atoms with Crippen molar-refractivity contribution < 1.29 is 4.74 Å². The van der Waals surface area contributed by atoms with Crippen LogP contribution in [0.25, 0.3) is 11.0 Å². The monoisotopic (exact) mass is 276 g/mol. The highest BCUT2D eigenvalue weighted by atomic mass is 16.5. The van der Waals surface area contributed by atoms with Crippen LogP contribution < -0.4 is 10.5 Å².